The molecule has 0 bridgehead atoms. The van der Waals surface area contributed by atoms with E-state index >= 15 is 0 Å². The fraction of sp³-hybridized carbons (Fsp3) is 0.789. The quantitative estimate of drug-likeness (QED) is 0.820. The van der Waals surface area contributed by atoms with E-state index in [0.717, 1.165) is 50.2 Å². The summed E-state index contributed by atoms with van der Waals surface area (Å²) in [4.78, 5) is 15.0. The summed E-state index contributed by atoms with van der Waals surface area (Å²) in [7, 11) is 1.96. The first-order chi connectivity index (χ1) is 12.0. The largest absolute Gasteiger partial charge is 0.376 e. The average molecular weight is 349 g/mol. The maximum atomic E-state index is 13.0. The van der Waals surface area contributed by atoms with Crippen LogP contribution in [0.1, 0.15) is 62.0 Å². The summed E-state index contributed by atoms with van der Waals surface area (Å²) in [5.41, 5.74) is 3.37. The lowest BCUT2D eigenvalue weighted by Crippen LogP contribution is -2.40. The zero-order valence-corrected chi connectivity index (χ0v) is 16.0. The Morgan fingerprint density at radius 1 is 1.32 bits per heavy atom. The molecule has 2 aliphatic heterocycles. The Morgan fingerprint density at radius 2 is 2.12 bits per heavy atom. The summed E-state index contributed by atoms with van der Waals surface area (Å²) in [5.74, 6) is 0.0842. The molecule has 3 heterocycles. The lowest BCUT2D eigenvalue weighted by molar-refractivity contribution is -0.147. The Balaban J connectivity index is 1.63. The van der Waals surface area contributed by atoms with Crippen molar-refractivity contribution in [3.8, 4) is 0 Å². The third kappa shape index (κ3) is 3.90. The van der Waals surface area contributed by atoms with Gasteiger partial charge in [-0.2, -0.15) is 5.10 Å². The minimum absolute atomic E-state index is 0.0842. The van der Waals surface area contributed by atoms with Crippen LogP contribution in [-0.4, -0.2) is 52.6 Å². The predicted octanol–water partition coefficient (Wildman–Crippen LogP) is 2.67. The van der Waals surface area contributed by atoms with Crippen molar-refractivity contribution in [3.05, 3.63) is 17.0 Å². The minimum atomic E-state index is -0.427. The first-order valence-corrected chi connectivity index (χ1v) is 9.52. The van der Waals surface area contributed by atoms with Crippen LogP contribution in [0.4, 0.5) is 0 Å². The number of amides is 1. The van der Waals surface area contributed by atoms with Crippen molar-refractivity contribution >= 4 is 5.91 Å². The van der Waals surface area contributed by atoms with Gasteiger partial charge in [0, 0.05) is 31.5 Å². The van der Waals surface area contributed by atoms with Gasteiger partial charge in [-0.05, 0) is 52.9 Å². The highest BCUT2D eigenvalue weighted by Crippen LogP contribution is 2.36. The zero-order chi connectivity index (χ0) is 18.0. The second-order valence-corrected chi connectivity index (χ2v) is 7.36. The molecule has 0 aromatic carbocycles. The van der Waals surface area contributed by atoms with E-state index < -0.39 is 6.10 Å². The topological polar surface area (TPSA) is 56.6 Å². The van der Waals surface area contributed by atoms with Crippen LogP contribution in [0.3, 0.4) is 0 Å². The normalized spacial score (nSPS) is 25.4. The molecule has 2 saturated heterocycles. The number of hydrogen-bond acceptors (Lipinski definition) is 4. The van der Waals surface area contributed by atoms with Crippen molar-refractivity contribution in [2.45, 2.75) is 71.1 Å². The third-order valence-electron chi connectivity index (χ3n) is 5.59. The molecule has 0 unspecified atom stereocenters. The number of carbonyl (C=O) groups excluding carboxylic acids is 1. The lowest BCUT2D eigenvalue weighted by atomic mass is 10.0. The Labute approximate surface area is 150 Å². The molecule has 6 heteroatoms. The van der Waals surface area contributed by atoms with Crippen LogP contribution in [0.5, 0.6) is 0 Å². The van der Waals surface area contributed by atoms with Crippen LogP contribution in [-0.2, 0) is 21.3 Å². The van der Waals surface area contributed by atoms with Crippen molar-refractivity contribution in [3.63, 3.8) is 0 Å². The van der Waals surface area contributed by atoms with Crippen LogP contribution in [0.15, 0.2) is 0 Å². The molecule has 0 aliphatic carbocycles. The Morgan fingerprint density at radius 3 is 2.76 bits per heavy atom. The summed E-state index contributed by atoms with van der Waals surface area (Å²) in [6, 6.07) is 0.123. The van der Waals surface area contributed by atoms with E-state index in [2.05, 4.69) is 12.0 Å². The maximum Gasteiger partial charge on any atom is 0.251 e. The van der Waals surface area contributed by atoms with Crippen molar-refractivity contribution in [1.29, 1.82) is 0 Å². The van der Waals surface area contributed by atoms with Crippen molar-refractivity contribution in [2.24, 2.45) is 7.05 Å². The van der Waals surface area contributed by atoms with Gasteiger partial charge in [-0.15, -0.1) is 0 Å². The van der Waals surface area contributed by atoms with E-state index in [9.17, 15) is 4.79 Å². The molecule has 25 heavy (non-hydrogen) atoms. The number of nitrogens with zero attached hydrogens (tertiary/aromatic N) is 3. The number of aryl methyl sites for hydroxylation is 2. The first kappa shape index (κ1) is 18.4. The van der Waals surface area contributed by atoms with Gasteiger partial charge >= 0.3 is 0 Å². The molecular formula is C19H31N3O3. The molecule has 2 fully saturated rings. The summed E-state index contributed by atoms with van der Waals surface area (Å²) >= 11 is 0. The smallest absolute Gasteiger partial charge is 0.251 e. The van der Waals surface area contributed by atoms with Crippen LogP contribution in [0.25, 0.3) is 0 Å². The van der Waals surface area contributed by atoms with Crippen LogP contribution in [0, 0.1) is 13.8 Å². The number of rotatable bonds is 5. The van der Waals surface area contributed by atoms with E-state index in [4.69, 9.17) is 9.47 Å². The first-order valence-electron chi connectivity index (χ1n) is 9.52. The molecule has 3 rings (SSSR count). The number of aromatic nitrogens is 2. The van der Waals surface area contributed by atoms with Gasteiger partial charge in [0.2, 0.25) is 0 Å². The van der Waals surface area contributed by atoms with E-state index in [0.29, 0.717) is 6.61 Å². The molecule has 1 aromatic heterocycles. The van der Waals surface area contributed by atoms with Crippen LogP contribution in [0.2, 0.25) is 0 Å². The summed E-state index contributed by atoms with van der Waals surface area (Å²) in [6.07, 6.45) is 5.08. The standard InChI is InChI=1S/C19H31N3O3/c1-13-18(14(2)21(4)20-13)17-9-7-10-22(17)19(23)15(3)25-12-16-8-5-6-11-24-16/h15-17H,5-12H2,1-4H3/t15-,16-,17-/m0/s1. The molecular weight excluding hydrogens is 318 g/mol. The third-order valence-corrected chi connectivity index (χ3v) is 5.59. The van der Waals surface area contributed by atoms with Crippen molar-refractivity contribution in [2.75, 3.05) is 19.8 Å². The zero-order valence-electron chi connectivity index (χ0n) is 16.0. The second-order valence-electron chi connectivity index (χ2n) is 7.36. The molecule has 0 spiro atoms. The van der Waals surface area contributed by atoms with Crippen molar-refractivity contribution in [1.82, 2.24) is 14.7 Å². The highest BCUT2D eigenvalue weighted by molar-refractivity contribution is 5.81. The van der Waals surface area contributed by atoms with Crippen molar-refractivity contribution < 1.29 is 14.3 Å². The molecule has 0 N–H and O–H groups in total. The SMILES string of the molecule is Cc1nn(C)c(C)c1[C@@H]1CCCN1C(=O)[C@H](C)OC[C@@H]1CCCCO1. The molecule has 1 aromatic rings. The lowest BCUT2D eigenvalue weighted by Gasteiger charge is -2.29. The molecule has 0 radical (unpaired) electrons. The van der Waals surface area contributed by atoms with Gasteiger partial charge < -0.3 is 14.4 Å². The Hall–Kier alpha value is -1.40. The van der Waals surface area contributed by atoms with Gasteiger partial charge in [0.25, 0.3) is 5.91 Å². The fourth-order valence-electron chi connectivity index (χ4n) is 4.10. The number of ether oxygens (including phenoxy) is 2. The number of carbonyl (C=O) groups is 1. The fourth-order valence-corrected chi connectivity index (χ4v) is 4.10. The summed E-state index contributed by atoms with van der Waals surface area (Å²) in [5, 5.41) is 4.52. The Kier molecular flexibility index (Phi) is 5.79. The van der Waals surface area contributed by atoms with E-state index in [1.54, 1.807) is 0 Å². The molecule has 1 amide bonds. The molecule has 0 saturated carbocycles. The minimum Gasteiger partial charge on any atom is -0.376 e. The van der Waals surface area contributed by atoms with E-state index in [1.807, 2.05) is 30.5 Å². The van der Waals surface area contributed by atoms with Gasteiger partial charge in [0.05, 0.1) is 24.4 Å². The summed E-state index contributed by atoms with van der Waals surface area (Å²) < 4.78 is 13.5. The highest BCUT2D eigenvalue weighted by atomic mass is 16.5. The molecule has 6 nitrogen and oxygen atoms in total. The molecule has 140 valence electrons. The monoisotopic (exact) mass is 349 g/mol. The van der Waals surface area contributed by atoms with E-state index in [1.165, 1.54) is 12.0 Å². The average Bonchev–Trinajstić information content (AvgIpc) is 3.17. The number of likely N-dealkylation sites (tertiary alicyclic amines) is 1. The molecule has 2 aliphatic rings. The number of hydrogen-bond donors (Lipinski definition) is 0. The van der Waals surface area contributed by atoms with Crippen LogP contribution < -0.4 is 0 Å². The second kappa shape index (κ2) is 7.87. The Bertz CT molecular complexity index is 607. The maximum absolute atomic E-state index is 13.0. The molecule has 3 atom stereocenters. The van der Waals surface area contributed by atoms with Gasteiger partial charge in [0.15, 0.2) is 0 Å². The van der Waals surface area contributed by atoms with Gasteiger partial charge in [-0.1, -0.05) is 0 Å². The van der Waals surface area contributed by atoms with E-state index in [-0.39, 0.29) is 18.1 Å². The predicted molar refractivity (Wildman–Crippen MR) is 95.4 cm³/mol. The van der Waals surface area contributed by atoms with Gasteiger partial charge in [-0.3, -0.25) is 9.48 Å². The van der Waals surface area contributed by atoms with Gasteiger partial charge in [0.1, 0.15) is 6.10 Å². The highest BCUT2D eigenvalue weighted by Gasteiger charge is 2.35. The van der Waals surface area contributed by atoms with Gasteiger partial charge in [-0.25, -0.2) is 0 Å². The van der Waals surface area contributed by atoms with Crippen LogP contribution >= 0.6 is 0 Å². The summed E-state index contributed by atoms with van der Waals surface area (Å²) in [6.45, 7) is 8.09.